The molecule has 1 aliphatic heterocycles. The fourth-order valence-electron chi connectivity index (χ4n) is 2.37. The van der Waals surface area contributed by atoms with Crippen molar-refractivity contribution in [2.24, 2.45) is 0 Å². The first-order chi connectivity index (χ1) is 8.39. The number of aliphatic hydroxyl groups is 1. The van der Waals surface area contributed by atoms with Gasteiger partial charge in [0, 0.05) is 17.6 Å². The van der Waals surface area contributed by atoms with E-state index in [-0.39, 0.29) is 5.91 Å². The molecule has 98 valence electrons. The second kappa shape index (κ2) is 5.02. The van der Waals surface area contributed by atoms with Gasteiger partial charge in [0.05, 0.1) is 11.2 Å². The van der Waals surface area contributed by atoms with Crippen LogP contribution < -0.4 is 0 Å². The van der Waals surface area contributed by atoms with Crippen LogP contribution in [0.5, 0.6) is 0 Å². The number of β-amino-alcohol motifs (C(OH)–C–C–N with tert-alkyl or cyclic N) is 1. The molecule has 1 fully saturated rings. The van der Waals surface area contributed by atoms with E-state index in [1.165, 1.54) is 0 Å². The number of amides is 1. The van der Waals surface area contributed by atoms with Crippen molar-refractivity contribution in [1.29, 1.82) is 0 Å². The van der Waals surface area contributed by atoms with Crippen LogP contribution in [0.2, 0.25) is 0 Å². The van der Waals surface area contributed by atoms with Crippen LogP contribution >= 0.6 is 15.9 Å². The Hall–Kier alpha value is -0.870. The molecular weight excluding hydrogens is 294 g/mol. The number of benzene rings is 1. The SMILES string of the molecule is Cc1ccc(Br)c(C(=O)N2CCCC(C)(O)C2)c1. The third-order valence-electron chi connectivity index (χ3n) is 3.31. The van der Waals surface area contributed by atoms with E-state index in [9.17, 15) is 9.90 Å². The molecule has 1 aromatic rings. The van der Waals surface area contributed by atoms with Crippen molar-refractivity contribution in [3.05, 3.63) is 33.8 Å². The molecule has 1 unspecified atom stereocenters. The molecule has 0 aliphatic carbocycles. The highest BCUT2D eigenvalue weighted by Gasteiger charge is 2.31. The highest BCUT2D eigenvalue weighted by atomic mass is 79.9. The smallest absolute Gasteiger partial charge is 0.255 e. The van der Waals surface area contributed by atoms with Gasteiger partial charge in [0.15, 0.2) is 0 Å². The van der Waals surface area contributed by atoms with Crippen LogP contribution in [0.4, 0.5) is 0 Å². The molecule has 4 heteroatoms. The zero-order chi connectivity index (χ0) is 13.3. The molecule has 0 spiro atoms. The van der Waals surface area contributed by atoms with Crippen LogP contribution in [-0.4, -0.2) is 34.6 Å². The molecule has 1 atom stereocenters. The first kappa shape index (κ1) is 13.6. The Morgan fingerprint density at radius 1 is 1.50 bits per heavy atom. The monoisotopic (exact) mass is 311 g/mol. The fourth-order valence-corrected chi connectivity index (χ4v) is 2.78. The van der Waals surface area contributed by atoms with Crippen molar-refractivity contribution in [1.82, 2.24) is 4.90 Å². The quantitative estimate of drug-likeness (QED) is 0.866. The van der Waals surface area contributed by atoms with Gasteiger partial charge in [-0.15, -0.1) is 0 Å². The predicted molar refractivity (Wildman–Crippen MR) is 74.6 cm³/mol. The Kier molecular flexibility index (Phi) is 3.78. The van der Waals surface area contributed by atoms with Crippen molar-refractivity contribution in [3.8, 4) is 0 Å². The molecule has 0 radical (unpaired) electrons. The lowest BCUT2D eigenvalue weighted by atomic mass is 9.94. The van der Waals surface area contributed by atoms with E-state index in [2.05, 4.69) is 15.9 Å². The van der Waals surface area contributed by atoms with E-state index < -0.39 is 5.60 Å². The van der Waals surface area contributed by atoms with Crippen LogP contribution in [0, 0.1) is 6.92 Å². The first-order valence-electron chi connectivity index (χ1n) is 6.17. The third kappa shape index (κ3) is 2.93. The maximum absolute atomic E-state index is 12.4. The number of carbonyl (C=O) groups is 1. The highest BCUT2D eigenvalue weighted by Crippen LogP contribution is 2.25. The summed E-state index contributed by atoms with van der Waals surface area (Å²) in [6, 6.07) is 5.74. The lowest BCUT2D eigenvalue weighted by Crippen LogP contribution is -2.48. The average Bonchev–Trinajstić information content (AvgIpc) is 2.30. The predicted octanol–water partition coefficient (Wildman–Crippen LogP) is 2.74. The second-order valence-corrected chi connectivity index (χ2v) is 6.16. The highest BCUT2D eigenvalue weighted by molar-refractivity contribution is 9.10. The van der Waals surface area contributed by atoms with E-state index in [4.69, 9.17) is 0 Å². The molecule has 18 heavy (non-hydrogen) atoms. The van der Waals surface area contributed by atoms with Gasteiger partial charge in [-0.1, -0.05) is 11.6 Å². The molecule has 0 aromatic heterocycles. The molecule has 1 aromatic carbocycles. The molecular formula is C14H18BrNO2. The molecule has 1 amide bonds. The van der Waals surface area contributed by atoms with Gasteiger partial charge in [-0.05, 0) is 54.8 Å². The van der Waals surface area contributed by atoms with Crippen molar-refractivity contribution < 1.29 is 9.90 Å². The van der Waals surface area contributed by atoms with Gasteiger partial charge >= 0.3 is 0 Å². The summed E-state index contributed by atoms with van der Waals surface area (Å²) in [5.41, 5.74) is 0.975. The number of carbonyl (C=O) groups excluding carboxylic acids is 1. The number of likely N-dealkylation sites (tertiary alicyclic amines) is 1. The van der Waals surface area contributed by atoms with Gasteiger partial charge in [-0.3, -0.25) is 4.79 Å². The standard InChI is InChI=1S/C14H18BrNO2/c1-10-4-5-12(15)11(8-10)13(17)16-7-3-6-14(2,18)9-16/h4-5,8,18H,3,6-7,9H2,1-2H3. The Morgan fingerprint density at radius 3 is 2.89 bits per heavy atom. The zero-order valence-corrected chi connectivity index (χ0v) is 12.3. The summed E-state index contributed by atoms with van der Waals surface area (Å²) in [7, 11) is 0. The van der Waals surface area contributed by atoms with Gasteiger partial charge in [0.1, 0.15) is 0 Å². The average molecular weight is 312 g/mol. The summed E-state index contributed by atoms with van der Waals surface area (Å²) in [5.74, 6) is -0.00875. The molecule has 0 saturated carbocycles. The first-order valence-corrected chi connectivity index (χ1v) is 6.96. The summed E-state index contributed by atoms with van der Waals surface area (Å²) in [4.78, 5) is 14.2. The number of nitrogens with zero attached hydrogens (tertiary/aromatic N) is 1. The molecule has 1 aliphatic rings. The van der Waals surface area contributed by atoms with Crippen molar-refractivity contribution in [2.45, 2.75) is 32.3 Å². The van der Waals surface area contributed by atoms with E-state index >= 15 is 0 Å². The molecule has 0 bridgehead atoms. The summed E-state index contributed by atoms with van der Waals surface area (Å²) in [6.45, 7) is 4.88. The summed E-state index contributed by atoms with van der Waals surface area (Å²) in [6.07, 6.45) is 1.61. The largest absolute Gasteiger partial charge is 0.388 e. The molecule has 1 saturated heterocycles. The van der Waals surface area contributed by atoms with Crippen LogP contribution in [0.25, 0.3) is 0 Å². The van der Waals surface area contributed by atoms with Crippen LogP contribution in [-0.2, 0) is 0 Å². The lowest BCUT2D eigenvalue weighted by Gasteiger charge is -2.37. The molecule has 2 rings (SSSR count). The van der Waals surface area contributed by atoms with Crippen LogP contribution in [0.3, 0.4) is 0 Å². The van der Waals surface area contributed by atoms with Gasteiger partial charge in [-0.25, -0.2) is 0 Å². The molecule has 3 nitrogen and oxygen atoms in total. The number of rotatable bonds is 1. The third-order valence-corrected chi connectivity index (χ3v) is 4.01. The summed E-state index contributed by atoms with van der Waals surface area (Å²) in [5, 5.41) is 10.1. The summed E-state index contributed by atoms with van der Waals surface area (Å²) >= 11 is 3.42. The Morgan fingerprint density at radius 2 is 2.22 bits per heavy atom. The molecule has 1 N–H and O–H groups in total. The number of hydrogen-bond donors (Lipinski definition) is 1. The van der Waals surface area contributed by atoms with Crippen LogP contribution in [0.15, 0.2) is 22.7 Å². The Bertz CT molecular complexity index is 471. The summed E-state index contributed by atoms with van der Waals surface area (Å²) < 4.78 is 0.809. The normalized spacial score (nSPS) is 24.1. The minimum absolute atomic E-state index is 0.00875. The van der Waals surface area contributed by atoms with Crippen LogP contribution in [0.1, 0.15) is 35.7 Å². The van der Waals surface area contributed by atoms with E-state index in [0.717, 1.165) is 29.4 Å². The van der Waals surface area contributed by atoms with Crippen molar-refractivity contribution >= 4 is 21.8 Å². The zero-order valence-electron chi connectivity index (χ0n) is 10.7. The number of aryl methyl sites for hydroxylation is 1. The topological polar surface area (TPSA) is 40.5 Å². The van der Waals surface area contributed by atoms with Crippen molar-refractivity contribution in [2.75, 3.05) is 13.1 Å². The van der Waals surface area contributed by atoms with Gasteiger partial charge < -0.3 is 10.0 Å². The Labute approximate surface area is 116 Å². The second-order valence-electron chi connectivity index (χ2n) is 5.31. The lowest BCUT2D eigenvalue weighted by molar-refractivity contribution is -0.0107. The number of hydrogen-bond acceptors (Lipinski definition) is 2. The maximum Gasteiger partial charge on any atom is 0.255 e. The Balaban J connectivity index is 2.23. The number of halogens is 1. The maximum atomic E-state index is 12.4. The fraction of sp³-hybridized carbons (Fsp3) is 0.500. The van der Waals surface area contributed by atoms with Gasteiger partial charge in [0.25, 0.3) is 5.91 Å². The van der Waals surface area contributed by atoms with Gasteiger partial charge in [-0.2, -0.15) is 0 Å². The van der Waals surface area contributed by atoms with E-state index in [0.29, 0.717) is 12.1 Å². The minimum Gasteiger partial charge on any atom is -0.388 e. The van der Waals surface area contributed by atoms with Crippen molar-refractivity contribution in [3.63, 3.8) is 0 Å². The van der Waals surface area contributed by atoms with E-state index in [1.54, 1.807) is 11.8 Å². The van der Waals surface area contributed by atoms with Gasteiger partial charge in [0.2, 0.25) is 0 Å². The molecule has 1 heterocycles. The number of piperidine rings is 1. The minimum atomic E-state index is -0.760. The van der Waals surface area contributed by atoms with E-state index in [1.807, 2.05) is 25.1 Å².